The molecule has 0 saturated carbocycles. The summed E-state index contributed by atoms with van der Waals surface area (Å²) in [4.78, 5) is 0. The zero-order valence-electron chi connectivity index (χ0n) is 10.2. The van der Waals surface area contributed by atoms with E-state index in [0.29, 0.717) is 6.54 Å². The Balaban J connectivity index is 0.00000225. The van der Waals surface area contributed by atoms with Crippen LogP contribution in [0, 0.1) is 5.41 Å². The van der Waals surface area contributed by atoms with E-state index in [1.54, 1.807) is 0 Å². The van der Waals surface area contributed by atoms with Gasteiger partial charge >= 0.3 is 0 Å². The van der Waals surface area contributed by atoms with E-state index in [1.807, 2.05) is 30.3 Å². The summed E-state index contributed by atoms with van der Waals surface area (Å²) >= 11 is 0. The molecule has 3 heteroatoms. The maximum absolute atomic E-state index is 9.85. The summed E-state index contributed by atoms with van der Waals surface area (Å²) in [6.45, 7) is 8.05. The molecule has 0 radical (unpaired) electrons. The number of hydrogen-bond donors (Lipinski definition) is 2. The van der Waals surface area contributed by atoms with E-state index in [2.05, 4.69) is 26.1 Å². The number of benzene rings is 1. The van der Waals surface area contributed by atoms with E-state index in [1.165, 1.54) is 0 Å². The number of hydrogen-bond acceptors (Lipinski definition) is 2. The molecule has 0 fully saturated rings. The van der Waals surface area contributed by atoms with Crippen molar-refractivity contribution < 1.29 is 5.11 Å². The Hall–Kier alpha value is -0.570. The molecule has 0 aliphatic carbocycles. The maximum Gasteiger partial charge on any atom is 0.0914 e. The fourth-order valence-electron chi connectivity index (χ4n) is 1.38. The summed E-state index contributed by atoms with van der Waals surface area (Å²) in [6.07, 6.45) is -0.409. The zero-order chi connectivity index (χ0) is 11.3. The van der Waals surface area contributed by atoms with Gasteiger partial charge in [0.1, 0.15) is 0 Å². The van der Waals surface area contributed by atoms with Gasteiger partial charge in [-0.3, -0.25) is 0 Å². The Morgan fingerprint density at radius 1 is 1.19 bits per heavy atom. The van der Waals surface area contributed by atoms with Crippen molar-refractivity contribution in [1.82, 2.24) is 5.32 Å². The highest BCUT2D eigenvalue weighted by Gasteiger charge is 2.11. The van der Waals surface area contributed by atoms with Gasteiger partial charge in [-0.15, -0.1) is 12.4 Å². The predicted octanol–water partition coefficient (Wildman–Crippen LogP) is 2.78. The number of aliphatic hydroxyl groups is 1. The molecule has 0 aromatic heterocycles. The minimum absolute atomic E-state index is 0. The second kappa shape index (κ2) is 6.89. The van der Waals surface area contributed by atoms with E-state index < -0.39 is 6.10 Å². The molecule has 0 bridgehead atoms. The zero-order valence-corrected chi connectivity index (χ0v) is 11.1. The molecule has 1 unspecified atom stereocenters. The Morgan fingerprint density at radius 3 is 2.25 bits per heavy atom. The standard InChI is InChI=1S/C13H21NO.ClH/c1-13(2,3)10-14-9-12(15)11-7-5-4-6-8-11;/h4-8,12,14-15H,9-10H2,1-3H3;1H. The third-order valence-corrected chi connectivity index (χ3v) is 2.18. The molecule has 1 aromatic carbocycles. The summed E-state index contributed by atoms with van der Waals surface area (Å²) in [6, 6.07) is 9.75. The quantitative estimate of drug-likeness (QED) is 0.853. The minimum atomic E-state index is -0.409. The lowest BCUT2D eigenvalue weighted by atomic mass is 9.97. The summed E-state index contributed by atoms with van der Waals surface area (Å²) < 4.78 is 0. The fourth-order valence-corrected chi connectivity index (χ4v) is 1.38. The SMILES string of the molecule is CC(C)(C)CNCC(O)c1ccccc1.Cl. The summed E-state index contributed by atoms with van der Waals surface area (Å²) in [5.41, 5.74) is 1.23. The lowest BCUT2D eigenvalue weighted by molar-refractivity contribution is 0.170. The van der Waals surface area contributed by atoms with Crippen LogP contribution in [0.2, 0.25) is 0 Å². The second-order valence-corrected chi connectivity index (χ2v) is 5.12. The molecule has 0 aliphatic heterocycles. The van der Waals surface area contributed by atoms with Gasteiger partial charge in [-0.2, -0.15) is 0 Å². The van der Waals surface area contributed by atoms with Crippen LogP contribution in [0.1, 0.15) is 32.4 Å². The molecule has 92 valence electrons. The number of halogens is 1. The Bertz CT molecular complexity index is 282. The van der Waals surface area contributed by atoms with E-state index >= 15 is 0 Å². The minimum Gasteiger partial charge on any atom is -0.387 e. The van der Waals surface area contributed by atoms with Crippen LogP contribution in [0.5, 0.6) is 0 Å². The molecule has 1 rings (SSSR count). The Kier molecular flexibility index (Phi) is 6.65. The average molecular weight is 244 g/mol. The second-order valence-electron chi connectivity index (χ2n) is 5.12. The van der Waals surface area contributed by atoms with Gasteiger partial charge in [0.2, 0.25) is 0 Å². The summed E-state index contributed by atoms with van der Waals surface area (Å²) in [7, 11) is 0. The summed E-state index contributed by atoms with van der Waals surface area (Å²) in [5, 5.41) is 13.1. The molecule has 0 saturated heterocycles. The molecular formula is C13H22ClNO. The van der Waals surface area contributed by atoms with Crippen molar-refractivity contribution in [3.63, 3.8) is 0 Å². The topological polar surface area (TPSA) is 32.3 Å². The van der Waals surface area contributed by atoms with Gasteiger partial charge in [0, 0.05) is 13.1 Å². The average Bonchev–Trinajstić information content (AvgIpc) is 2.17. The Labute approximate surface area is 104 Å². The fraction of sp³-hybridized carbons (Fsp3) is 0.538. The van der Waals surface area contributed by atoms with Gasteiger partial charge in [0.15, 0.2) is 0 Å². The van der Waals surface area contributed by atoms with Gasteiger partial charge in [-0.1, -0.05) is 51.1 Å². The van der Waals surface area contributed by atoms with Gasteiger partial charge in [0.05, 0.1) is 6.10 Å². The van der Waals surface area contributed by atoms with Crippen molar-refractivity contribution >= 4 is 12.4 Å². The van der Waals surface area contributed by atoms with Gasteiger partial charge in [0.25, 0.3) is 0 Å². The van der Waals surface area contributed by atoms with Crippen LogP contribution >= 0.6 is 12.4 Å². The van der Waals surface area contributed by atoms with Crippen LogP contribution in [-0.4, -0.2) is 18.2 Å². The van der Waals surface area contributed by atoms with E-state index in [-0.39, 0.29) is 17.8 Å². The first-order valence-corrected chi connectivity index (χ1v) is 5.43. The van der Waals surface area contributed by atoms with E-state index in [0.717, 1.165) is 12.1 Å². The van der Waals surface area contributed by atoms with Crippen molar-refractivity contribution in [2.75, 3.05) is 13.1 Å². The number of rotatable bonds is 4. The first-order valence-electron chi connectivity index (χ1n) is 5.43. The summed E-state index contributed by atoms with van der Waals surface area (Å²) in [5.74, 6) is 0. The molecule has 0 heterocycles. The molecular weight excluding hydrogens is 222 g/mol. The van der Waals surface area contributed by atoms with Crippen LogP contribution in [0.25, 0.3) is 0 Å². The van der Waals surface area contributed by atoms with Crippen LogP contribution in [0.3, 0.4) is 0 Å². The first-order chi connectivity index (χ1) is 6.99. The highest BCUT2D eigenvalue weighted by molar-refractivity contribution is 5.85. The lowest BCUT2D eigenvalue weighted by Gasteiger charge is -2.20. The van der Waals surface area contributed by atoms with Gasteiger partial charge in [-0.25, -0.2) is 0 Å². The van der Waals surface area contributed by atoms with Crippen molar-refractivity contribution in [3.05, 3.63) is 35.9 Å². The largest absolute Gasteiger partial charge is 0.387 e. The van der Waals surface area contributed by atoms with Gasteiger partial charge in [-0.05, 0) is 11.0 Å². The van der Waals surface area contributed by atoms with Crippen molar-refractivity contribution in [3.8, 4) is 0 Å². The van der Waals surface area contributed by atoms with Crippen LogP contribution in [-0.2, 0) is 0 Å². The Morgan fingerprint density at radius 2 is 1.75 bits per heavy atom. The van der Waals surface area contributed by atoms with E-state index in [4.69, 9.17) is 0 Å². The molecule has 0 amide bonds. The third-order valence-electron chi connectivity index (χ3n) is 2.18. The van der Waals surface area contributed by atoms with Crippen molar-refractivity contribution in [1.29, 1.82) is 0 Å². The molecule has 0 aliphatic rings. The number of nitrogens with one attached hydrogen (secondary N) is 1. The van der Waals surface area contributed by atoms with Crippen LogP contribution in [0.15, 0.2) is 30.3 Å². The lowest BCUT2D eigenvalue weighted by Crippen LogP contribution is -2.30. The maximum atomic E-state index is 9.85. The molecule has 1 aromatic rings. The first kappa shape index (κ1) is 15.4. The molecule has 0 spiro atoms. The predicted molar refractivity (Wildman–Crippen MR) is 71.0 cm³/mol. The molecule has 1 atom stereocenters. The highest BCUT2D eigenvalue weighted by atomic mass is 35.5. The van der Waals surface area contributed by atoms with E-state index in [9.17, 15) is 5.11 Å². The monoisotopic (exact) mass is 243 g/mol. The van der Waals surface area contributed by atoms with Crippen molar-refractivity contribution in [2.24, 2.45) is 5.41 Å². The van der Waals surface area contributed by atoms with Gasteiger partial charge < -0.3 is 10.4 Å². The van der Waals surface area contributed by atoms with Crippen LogP contribution < -0.4 is 5.32 Å². The highest BCUT2D eigenvalue weighted by Crippen LogP contribution is 2.13. The third kappa shape index (κ3) is 6.11. The van der Waals surface area contributed by atoms with Crippen molar-refractivity contribution in [2.45, 2.75) is 26.9 Å². The van der Waals surface area contributed by atoms with Crippen LogP contribution in [0.4, 0.5) is 0 Å². The molecule has 2 nitrogen and oxygen atoms in total. The molecule has 2 N–H and O–H groups in total. The normalized spacial score (nSPS) is 13.0. The number of aliphatic hydroxyl groups excluding tert-OH is 1. The smallest absolute Gasteiger partial charge is 0.0914 e. The molecule has 16 heavy (non-hydrogen) atoms.